The van der Waals surface area contributed by atoms with Crippen LogP contribution in [0.3, 0.4) is 0 Å². The Hall–Kier alpha value is -1.09. The van der Waals surface area contributed by atoms with Crippen molar-refractivity contribution in [2.75, 3.05) is 13.2 Å². The molecule has 8 heteroatoms. The summed E-state index contributed by atoms with van der Waals surface area (Å²) in [6, 6.07) is 1.75. The molecule has 1 rings (SSSR count). The fourth-order valence-electron chi connectivity index (χ4n) is 1.62. The van der Waals surface area contributed by atoms with E-state index in [0.717, 1.165) is 12.1 Å². The first-order valence-corrected chi connectivity index (χ1v) is 7.60. The molecule has 0 spiro atoms. The lowest BCUT2D eigenvalue weighted by molar-refractivity contribution is 0.0799. The van der Waals surface area contributed by atoms with Crippen LogP contribution in [0.2, 0.25) is 0 Å². The molecule has 0 saturated carbocycles. The maximum atomic E-state index is 13.9. The Morgan fingerprint density at radius 2 is 2.05 bits per heavy atom. The molecule has 0 heterocycles. The highest BCUT2D eigenvalue weighted by atomic mass is 32.2. The monoisotopic (exact) mass is 308 g/mol. The summed E-state index contributed by atoms with van der Waals surface area (Å²) in [6.07, 6.45) is -0.354. The molecule has 1 atom stereocenters. The van der Waals surface area contributed by atoms with Crippen LogP contribution >= 0.6 is 0 Å². The van der Waals surface area contributed by atoms with Gasteiger partial charge in [-0.3, -0.25) is 0 Å². The van der Waals surface area contributed by atoms with Crippen LogP contribution in [0.15, 0.2) is 17.0 Å². The Kier molecular flexibility index (Phi) is 6.00. The normalized spacial score (nSPS) is 13.4. The van der Waals surface area contributed by atoms with Crippen molar-refractivity contribution in [1.82, 2.24) is 4.72 Å². The smallest absolute Gasteiger partial charge is 0.243 e. The zero-order valence-electron chi connectivity index (χ0n) is 11.3. The molecule has 5 nitrogen and oxygen atoms in total. The third-order valence-electron chi connectivity index (χ3n) is 2.66. The second kappa shape index (κ2) is 7.07. The number of nitrogens with two attached hydrogens (primary N) is 1. The van der Waals surface area contributed by atoms with Gasteiger partial charge in [0.1, 0.15) is 10.7 Å². The third-order valence-corrected chi connectivity index (χ3v) is 4.10. The van der Waals surface area contributed by atoms with Crippen molar-refractivity contribution in [2.45, 2.75) is 31.4 Å². The van der Waals surface area contributed by atoms with Crippen molar-refractivity contribution in [3.63, 3.8) is 0 Å². The summed E-state index contributed by atoms with van der Waals surface area (Å²) >= 11 is 0. The second-order valence-corrected chi connectivity index (χ2v) is 5.90. The van der Waals surface area contributed by atoms with Crippen molar-refractivity contribution in [2.24, 2.45) is 5.73 Å². The van der Waals surface area contributed by atoms with E-state index in [-0.39, 0.29) is 12.6 Å². The molecule has 114 valence electrons. The first-order chi connectivity index (χ1) is 9.33. The molecule has 0 aliphatic rings. The number of hydrogen-bond donors (Lipinski definition) is 2. The molecular weight excluding hydrogens is 290 g/mol. The van der Waals surface area contributed by atoms with Gasteiger partial charge in [-0.2, -0.15) is 0 Å². The number of halogens is 2. The molecule has 0 aliphatic carbocycles. The van der Waals surface area contributed by atoms with Gasteiger partial charge in [-0.25, -0.2) is 21.9 Å². The summed E-state index contributed by atoms with van der Waals surface area (Å²) in [5.74, 6) is -2.03. The van der Waals surface area contributed by atoms with Crippen molar-refractivity contribution in [3.05, 3.63) is 29.3 Å². The average Bonchev–Trinajstić information content (AvgIpc) is 2.37. The molecule has 1 aromatic rings. The van der Waals surface area contributed by atoms with Gasteiger partial charge in [0.15, 0.2) is 5.82 Å². The second-order valence-electron chi connectivity index (χ2n) is 4.16. The predicted molar refractivity (Wildman–Crippen MR) is 70.5 cm³/mol. The highest BCUT2D eigenvalue weighted by Gasteiger charge is 2.23. The van der Waals surface area contributed by atoms with Crippen LogP contribution in [0.1, 0.15) is 19.4 Å². The third kappa shape index (κ3) is 3.95. The van der Waals surface area contributed by atoms with Gasteiger partial charge >= 0.3 is 0 Å². The van der Waals surface area contributed by atoms with Gasteiger partial charge in [0.25, 0.3) is 0 Å². The minimum atomic E-state index is -4.08. The Labute approximate surface area is 117 Å². The molecule has 20 heavy (non-hydrogen) atoms. The van der Waals surface area contributed by atoms with Gasteiger partial charge in [0.05, 0.1) is 6.10 Å². The average molecular weight is 308 g/mol. The SMILES string of the molecule is CCOC(C)CNS(=O)(=O)c1ccc(F)c(CN)c1F. The summed E-state index contributed by atoms with van der Waals surface area (Å²) in [7, 11) is -4.08. The maximum absolute atomic E-state index is 13.9. The van der Waals surface area contributed by atoms with E-state index in [1.54, 1.807) is 13.8 Å². The van der Waals surface area contributed by atoms with Gasteiger partial charge in [0, 0.05) is 25.3 Å². The summed E-state index contributed by atoms with van der Waals surface area (Å²) in [4.78, 5) is -0.622. The Bertz CT molecular complexity index is 564. The zero-order valence-corrected chi connectivity index (χ0v) is 12.1. The molecule has 0 saturated heterocycles. The van der Waals surface area contributed by atoms with Crippen molar-refractivity contribution < 1.29 is 21.9 Å². The predicted octanol–water partition coefficient (Wildman–Crippen LogP) is 1.13. The van der Waals surface area contributed by atoms with E-state index in [4.69, 9.17) is 10.5 Å². The van der Waals surface area contributed by atoms with Crippen LogP contribution in [0.4, 0.5) is 8.78 Å². The van der Waals surface area contributed by atoms with Crippen LogP contribution in [-0.4, -0.2) is 27.7 Å². The number of benzene rings is 1. The minimum Gasteiger partial charge on any atom is -0.377 e. The minimum absolute atomic E-state index is 0.00898. The zero-order chi connectivity index (χ0) is 15.3. The van der Waals surface area contributed by atoms with E-state index >= 15 is 0 Å². The lowest BCUT2D eigenvalue weighted by Crippen LogP contribution is -2.33. The van der Waals surface area contributed by atoms with Crippen LogP contribution in [0, 0.1) is 11.6 Å². The molecule has 1 unspecified atom stereocenters. The fourth-order valence-corrected chi connectivity index (χ4v) is 2.84. The number of sulfonamides is 1. The van der Waals surface area contributed by atoms with E-state index in [0.29, 0.717) is 6.61 Å². The van der Waals surface area contributed by atoms with E-state index in [2.05, 4.69) is 4.72 Å². The maximum Gasteiger partial charge on any atom is 0.243 e. The summed E-state index contributed by atoms with van der Waals surface area (Å²) in [6.45, 7) is 3.46. The quantitative estimate of drug-likeness (QED) is 0.791. The van der Waals surface area contributed by atoms with E-state index in [9.17, 15) is 17.2 Å². The molecule has 0 aliphatic heterocycles. The first kappa shape index (κ1) is 17.0. The van der Waals surface area contributed by atoms with Gasteiger partial charge < -0.3 is 10.5 Å². The van der Waals surface area contributed by atoms with Gasteiger partial charge in [-0.05, 0) is 26.0 Å². The molecular formula is C12H18F2N2O3S. The number of rotatable bonds is 7. The summed E-state index contributed by atoms with van der Waals surface area (Å²) < 4.78 is 58.5. The molecule has 1 aromatic carbocycles. The number of hydrogen-bond acceptors (Lipinski definition) is 4. The summed E-state index contributed by atoms with van der Waals surface area (Å²) in [5.41, 5.74) is 4.76. The largest absolute Gasteiger partial charge is 0.377 e. The van der Waals surface area contributed by atoms with Crippen LogP contribution in [0.25, 0.3) is 0 Å². The molecule has 0 radical (unpaired) electrons. The standard InChI is InChI=1S/C12H18F2N2O3S/c1-3-19-8(2)7-16-20(17,18)11-5-4-10(13)9(6-15)12(11)14/h4-5,8,16H,3,6-7,15H2,1-2H3. The highest BCUT2D eigenvalue weighted by Crippen LogP contribution is 2.20. The van der Waals surface area contributed by atoms with Crippen LogP contribution in [-0.2, 0) is 21.3 Å². The van der Waals surface area contributed by atoms with E-state index in [1.165, 1.54) is 0 Å². The van der Waals surface area contributed by atoms with Gasteiger partial charge in [-0.1, -0.05) is 0 Å². The topological polar surface area (TPSA) is 81.4 Å². The van der Waals surface area contributed by atoms with Crippen molar-refractivity contribution in [1.29, 1.82) is 0 Å². The van der Waals surface area contributed by atoms with Crippen LogP contribution < -0.4 is 10.5 Å². The van der Waals surface area contributed by atoms with Crippen molar-refractivity contribution >= 4 is 10.0 Å². The van der Waals surface area contributed by atoms with Gasteiger partial charge in [0.2, 0.25) is 10.0 Å². The summed E-state index contributed by atoms with van der Waals surface area (Å²) in [5, 5.41) is 0. The highest BCUT2D eigenvalue weighted by molar-refractivity contribution is 7.89. The molecule has 0 bridgehead atoms. The van der Waals surface area contributed by atoms with Crippen LogP contribution in [0.5, 0.6) is 0 Å². The van der Waals surface area contributed by atoms with E-state index in [1.807, 2.05) is 0 Å². The Morgan fingerprint density at radius 3 is 2.60 bits per heavy atom. The lowest BCUT2D eigenvalue weighted by atomic mass is 10.2. The Morgan fingerprint density at radius 1 is 1.40 bits per heavy atom. The van der Waals surface area contributed by atoms with Crippen molar-refractivity contribution in [3.8, 4) is 0 Å². The molecule has 3 N–H and O–H groups in total. The van der Waals surface area contributed by atoms with E-state index < -0.39 is 38.7 Å². The molecule has 0 fully saturated rings. The number of ether oxygens (including phenoxy) is 1. The lowest BCUT2D eigenvalue weighted by Gasteiger charge is -2.14. The molecule has 0 aromatic heterocycles. The van der Waals surface area contributed by atoms with Gasteiger partial charge in [-0.15, -0.1) is 0 Å². The number of nitrogens with one attached hydrogen (secondary N) is 1. The Balaban J connectivity index is 2.99. The first-order valence-electron chi connectivity index (χ1n) is 6.11. The molecule has 0 amide bonds. The fraction of sp³-hybridized carbons (Fsp3) is 0.500.